The van der Waals surface area contributed by atoms with E-state index in [2.05, 4.69) is 34.6 Å². The van der Waals surface area contributed by atoms with Crippen molar-refractivity contribution < 1.29 is 14.9 Å². The molecular weight excluding hydrogens is 336 g/mol. The first-order chi connectivity index (χ1) is 12.8. The van der Waals surface area contributed by atoms with E-state index in [0.29, 0.717) is 24.0 Å². The molecule has 1 aromatic rings. The monoisotopic (exact) mass is 370 g/mol. The number of aromatic hydroxyl groups is 1. The number of aliphatic hydroxyl groups is 1. The number of benzene rings is 1. The second-order valence-electron chi connectivity index (χ2n) is 8.71. The Morgan fingerprint density at radius 2 is 2.00 bits per heavy atom. The molecule has 1 aromatic carbocycles. The van der Waals surface area contributed by atoms with Crippen LogP contribution in [0.15, 0.2) is 35.4 Å². The van der Waals surface area contributed by atoms with Crippen LogP contribution in [-0.4, -0.2) is 16.0 Å². The molecule has 0 fully saturated rings. The Morgan fingerprint density at radius 1 is 1.26 bits per heavy atom. The van der Waals surface area contributed by atoms with Gasteiger partial charge in [0.25, 0.3) is 0 Å². The van der Waals surface area contributed by atoms with Gasteiger partial charge >= 0.3 is 0 Å². The van der Waals surface area contributed by atoms with Gasteiger partial charge in [0.1, 0.15) is 11.5 Å². The second-order valence-corrected chi connectivity index (χ2v) is 8.71. The molecule has 1 aliphatic carbocycles. The molecule has 0 radical (unpaired) electrons. The van der Waals surface area contributed by atoms with Crippen LogP contribution in [0.3, 0.4) is 0 Å². The lowest BCUT2D eigenvalue weighted by Gasteiger charge is -2.41. The summed E-state index contributed by atoms with van der Waals surface area (Å²) in [6.07, 6.45) is 9.06. The highest BCUT2D eigenvalue weighted by Crippen LogP contribution is 2.52. The number of phenolic OH excluding ortho intramolecular Hbond substituents is 1. The van der Waals surface area contributed by atoms with Gasteiger partial charge in [0.15, 0.2) is 0 Å². The molecule has 1 aliphatic heterocycles. The molecular formula is C24H34O3. The van der Waals surface area contributed by atoms with E-state index in [-0.39, 0.29) is 11.7 Å². The Balaban J connectivity index is 1.94. The fourth-order valence-corrected chi connectivity index (χ4v) is 4.47. The van der Waals surface area contributed by atoms with Crippen LogP contribution in [0.4, 0.5) is 0 Å². The maximum atomic E-state index is 10.9. The average molecular weight is 371 g/mol. The Morgan fingerprint density at radius 3 is 2.67 bits per heavy atom. The van der Waals surface area contributed by atoms with Crippen molar-refractivity contribution in [2.24, 2.45) is 5.92 Å². The molecule has 4 atom stereocenters. The first-order valence-corrected chi connectivity index (χ1v) is 10.4. The number of hydrogen-bond donors (Lipinski definition) is 2. The zero-order valence-corrected chi connectivity index (χ0v) is 17.4. The second kappa shape index (κ2) is 7.71. The SMILES string of the molecule is CCCCCC(C)C(C)c1cc(O)c2c(c1)OC1(O)C=CC(=C(C)C)C2C1. The third kappa shape index (κ3) is 3.94. The van der Waals surface area contributed by atoms with Gasteiger partial charge in [-0.15, -0.1) is 0 Å². The Labute approximate surface area is 163 Å². The molecule has 0 saturated heterocycles. The fraction of sp³-hybridized carbons (Fsp3) is 0.583. The molecule has 0 saturated carbocycles. The van der Waals surface area contributed by atoms with Gasteiger partial charge in [-0.1, -0.05) is 58.1 Å². The minimum atomic E-state index is -1.28. The van der Waals surface area contributed by atoms with Crippen LogP contribution >= 0.6 is 0 Å². The van der Waals surface area contributed by atoms with E-state index < -0.39 is 5.79 Å². The zero-order valence-electron chi connectivity index (χ0n) is 17.4. The molecule has 4 unspecified atom stereocenters. The topological polar surface area (TPSA) is 49.7 Å². The van der Waals surface area contributed by atoms with Gasteiger partial charge in [0, 0.05) is 17.9 Å². The Hall–Kier alpha value is -1.74. The summed E-state index contributed by atoms with van der Waals surface area (Å²) in [4.78, 5) is 0. The van der Waals surface area contributed by atoms with Crippen molar-refractivity contribution >= 4 is 0 Å². The van der Waals surface area contributed by atoms with E-state index in [0.717, 1.165) is 16.7 Å². The molecule has 148 valence electrons. The predicted molar refractivity (Wildman–Crippen MR) is 110 cm³/mol. The Kier molecular flexibility index (Phi) is 5.71. The summed E-state index contributed by atoms with van der Waals surface area (Å²) in [5, 5.41) is 21.7. The number of unbranched alkanes of at least 4 members (excludes halogenated alkanes) is 2. The molecule has 0 aromatic heterocycles. The highest BCUT2D eigenvalue weighted by molar-refractivity contribution is 5.57. The maximum Gasteiger partial charge on any atom is 0.229 e. The van der Waals surface area contributed by atoms with E-state index >= 15 is 0 Å². The third-order valence-corrected chi connectivity index (χ3v) is 6.39. The quantitative estimate of drug-likeness (QED) is 0.588. The van der Waals surface area contributed by atoms with E-state index in [9.17, 15) is 10.2 Å². The molecule has 2 aliphatic rings. The summed E-state index contributed by atoms with van der Waals surface area (Å²) in [5.74, 6) is 0.471. The van der Waals surface area contributed by atoms with Crippen LogP contribution in [0, 0.1) is 5.92 Å². The number of allylic oxidation sites excluding steroid dienone is 3. The van der Waals surface area contributed by atoms with Crippen molar-refractivity contribution in [3.05, 3.63) is 46.6 Å². The van der Waals surface area contributed by atoms with Crippen molar-refractivity contribution in [2.45, 2.75) is 84.3 Å². The van der Waals surface area contributed by atoms with Gasteiger partial charge in [-0.3, -0.25) is 0 Å². The lowest BCUT2D eigenvalue weighted by Crippen LogP contribution is -2.41. The number of ether oxygens (including phenoxy) is 1. The molecule has 3 heteroatoms. The molecule has 3 rings (SSSR count). The summed E-state index contributed by atoms with van der Waals surface area (Å²) in [5.41, 5.74) is 4.26. The summed E-state index contributed by atoms with van der Waals surface area (Å²) < 4.78 is 5.95. The van der Waals surface area contributed by atoms with Gasteiger partial charge in [0.2, 0.25) is 5.79 Å². The predicted octanol–water partition coefficient (Wildman–Crippen LogP) is 6.17. The number of fused-ring (bicyclic) bond motifs is 4. The number of phenols is 1. The smallest absolute Gasteiger partial charge is 0.229 e. The zero-order chi connectivity index (χ0) is 19.8. The lowest BCUT2D eigenvalue weighted by molar-refractivity contribution is -0.114. The average Bonchev–Trinajstić information content (AvgIpc) is 2.59. The minimum absolute atomic E-state index is 0.0277. The normalized spacial score (nSPS) is 25.6. The van der Waals surface area contributed by atoms with Gasteiger partial charge < -0.3 is 14.9 Å². The Bertz CT molecular complexity index is 757. The first-order valence-electron chi connectivity index (χ1n) is 10.4. The number of rotatable bonds is 6. The van der Waals surface area contributed by atoms with Gasteiger partial charge in [-0.05, 0) is 55.0 Å². The molecule has 1 heterocycles. The van der Waals surface area contributed by atoms with Gasteiger partial charge in [-0.25, -0.2) is 0 Å². The van der Waals surface area contributed by atoms with Crippen LogP contribution in [0.25, 0.3) is 0 Å². The summed E-state index contributed by atoms with van der Waals surface area (Å²) in [7, 11) is 0. The van der Waals surface area contributed by atoms with Crippen LogP contribution in [0.5, 0.6) is 11.5 Å². The van der Waals surface area contributed by atoms with Crippen LogP contribution in [0.2, 0.25) is 0 Å². The summed E-state index contributed by atoms with van der Waals surface area (Å²) in [6, 6.07) is 3.95. The first kappa shape index (κ1) is 20.0. The molecule has 2 bridgehead atoms. The van der Waals surface area contributed by atoms with Crippen LogP contribution < -0.4 is 4.74 Å². The van der Waals surface area contributed by atoms with Crippen molar-refractivity contribution in [1.29, 1.82) is 0 Å². The van der Waals surface area contributed by atoms with E-state index in [1.54, 1.807) is 6.08 Å². The largest absolute Gasteiger partial charge is 0.507 e. The van der Waals surface area contributed by atoms with Gasteiger partial charge in [-0.2, -0.15) is 0 Å². The molecule has 3 nitrogen and oxygen atoms in total. The highest BCUT2D eigenvalue weighted by Gasteiger charge is 2.43. The summed E-state index contributed by atoms with van der Waals surface area (Å²) >= 11 is 0. The lowest BCUT2D eigenvalue weighted by atomic mass is 9.75. The van der Waals surface area contributed by atoms with Crippen molar-refractivity contribution in [3.8, 4) is 11.5 Å². The van der Waals surface area contributed by atoms with Crippen molar-refractivity contribution in [2.75, 3.05) is 0 Å². The minimum Gasteiger partial charge on any atom is -0.507 e. The molecule has 27 heavy (non-hydrogen) atoms. The van der Waals surface area contributed by atoms with Crippen molar-refractivity contribution in [3.63, 3.8) is 0 Å². The standard InChI is InChI=1S/C24H34O3/c1-6-7-8-9-16(4)17(5)18-12-21(25)23-20-14-24(26,27-22(23)13-18)11-10-19(20)15(2)3/h10-13,16-17,20,25-26H,6-9,14H2,1-5H3. The maximum absolute atomic E-state index is 10.9. The molecule has 0 spiro atoms. The van der Waals surface area contributed by atoms with Crippen LogP contribution in [-0.2, 0) is 0 Å². The van der Waals surface area contributed by atoms with E-state index in [1.165, 1.54) is 31.3 Å². The third-order valence-electron chi connectivity index (χ3n) is 6.39. The van der Waals surface area contributed by atoms with Crippen molar-refractivity contribution in [1.82, 2.24) is 0 Å². The highest BCUT2D eigenvalue weighted by atomic mass is 16.6. The van der Waals surface area contributed by atoms with E-state index in [1.807, 2.05) is 18.2 Å². The van der Waals surface area contributed by atoms with Crippen LogP contribution in [0.1, 0.15) is 89.7 Å². The summed E-state index contributed by atoms with van der Waals surface area (Å²) in [6.45, 7) is 10.9. The number of hydrogen-bond acceptors (Lipinski definition) is 3. The fourth-order valence-electron chi connectivity index (χ4n) is 4.47. The van der Waals surface area contributed by atoms with Gasteiger partial charge in [0.05, 0.1) is 0 Å². The molecule has 0 amide bonds. The van der Waals surface area contributed by atoms with E-state index in [4.69, 9.17) is 4.74 Å². The molecule has 2 N–H and O–H groups in total.